The lowest BCUT2D eigenvalue weighted by atomic mass is 9.86. The van der Waals surface area contributed by atoms with Crippen LogP contribution in [0.4, 0.5) is 13.6 Å². The largest absolute Gasteiger partial charge is 0.435 e. The number of carbonyl (C=O) groups is 1. The highest BCUT2D eigenvalue weighted by Crippen LogP contribution is 2.24. The average molecular weight is 342 g/mol. The SMILES string of the molecule is CN(CC1CCCCC1O)C(=O)NCc1cccc(OC(F)F)c1. The highest BCUT2D eigenvalue weighted by atomic mass is 19.3. The number of amides is 2. The molecule has 2 atom stereocenters. The number of aliphatic hydroxyl groups excluding tert-OH is 1. The number of rotatable bonds is 6. The Kier molecular flexibility index (Phi) is 6.78. The van der Waals surface area contributed by atoms with E-state index in [0.29, 0.717) is 12.1 Å². The van der Waals surface area contributed by atoms with Crippen molar-refractivity contribution in [1.29, 1.82) is 0 Å². The van der Waals surface area contributed by atoms with E-state index in [1.807, 2.05) is 0 Å². The van der Waals surface area contributed by atoms with Gasteiger partial charge in [0, 0.05) is 26.1 Å². The maximum atomic E-state index is 12.2. The van der Waals surface area contributed by atoms with E-state index in [-0.39, 0.29) is 30.3 Å². The molecule has 0 radical (unpaired) electrons. The molecular formula is C17H24F2N2O3. The first-order valence-corrected chi connectivity index (χ1v) is 8.16. The molecule has 1 fully saturated rings. The summed E-state index contributed by atoms with van der Waals surface area (Å²) in [5.41, 5.74) is 0.674. The predicted octanol–water partition coefficient (Wildman–Crippen LogP) is 2.98. The Morgan fingerprint density at radius 1 is 1.42 bits per heavy atom. The number of halogens is 2. The van der Waals surface area contributed by atoms with Gasteiger partial charge in [0.05, 0.1) is 6.10 Å². The minimum atomic E-state index is -2.87. The molecule has 0 spiro atoms. The molecule has 1 aliphatic rings. The van der Waals surface area contributed by atoms with Crippen LogP contribution in [0.15, 0.2) is 24.3 Å². The van der Waals surface area contributed by atoms with Gasteiger partial charge < -0.3 is 20.1 Å². The predicted molar refractivity (Wildman–Crippen MR) is 85.9 cm³/mol. The quantitative estimate of drug-likeness (QED) is 0.835. The first kappa shape index (κ1) is 18.4. The molecule has 0 aliphatic heterocycles. The van der Waals surface area contributed by atoms with E-state index < -0.39 is 6.61 Å². The van der Waals surface area contributed by atoms with Gasteiger partial charge in [-0.15, -0.1) is 0 Å². The second-order valence-electron chi connectivity index (χ2n) is 6.18. The van der Waals surface area contributed by atoms with Crippen molar-refractivity contribution in [3.8, 4) is 5.75 Å². The summed E-state index contributed by atoms with van der Waals surface area (Å²) >= 11 is 0. The van der Waals surface area contributed by atoms with Crippen molar-refractivity contribution in [1.82, 2.24) is 10.2 Å². The summed E-state index contributed by atoms with van der Waals surface area (Å²) in [5, 5.41) is 12.7. The summed E-state index contributed by atoms with van der Waals surface area (Å²) in [7, 11) is 1.69. The first-order valence-electron chi connectivity index (χ1n) is 8.16. The molecule has 7 heteroatoms. The van der Waals surface area contributed by atoms with Crippen molar-refractivity contribution < 1.29 is 23.4 Å². The lowest BCUT2D eigenvalue weighted by Crippen LogP contribution is -2.42. The van der Waals surface area contributed by atoms with Crippen molar-refractivity contribution in [3.05, 3.63) is 29.8 Å². The maximum Gasteiger partial charge on any atom is 0.387 e. The summed E-state index contributed by atoms with van der Waals surface area (Å²) in [6.45, 7) is -2.15. The van der Waals surface area contributed by atoms with Crippen molar-refractivity contribution in [2.24, 2.45) is 5.92 Å². The second-order valence-corrected chi connectivity index (χ2v) is 6.18. The Morgan fingerprint density at radius 3 is 2.88 bits per heavy atom. The maximum absolute atomic E-state index is 12.2. The van der Waals surface area contributed by atoms with Crippen LogP contribution in [-0.2, 0) is 6.54 Å². The first-order chi connectivity index (χ1) is 11.5. The van der Waals surface area contributed by atoms with E-state index in [4.69, 9.17) is 0 Å². The third-order valence-electron chi connectivity index (χ3n) is 4.29. The average Bonchev–Trinajstić information content (AvgIpc) is 2.54. The molecule has 0 bridgehead atoms. The third-order valence-corrected chi connectivity index (χ3v) is 4.29. The zero-order valence-electron chi connectivity index (χ0n) is 13.8. The number of ether oxygens (including phenoxy) is 1. The van der Waals surface area contributed by atoms with E-state index in [2.05, 4.69) is 10.1 Å². The normalized spacial score (nSPS) is 20.7. The Morgan fingerprint density at radius 2 is 2.17 bits per heavy atom. The van der Waals surface area contributed by atoms with Crippen LogP contribution in [0.3, 0.4) is 0 Å². The van der Waals surface area contributed by atoms with Crippen LogP contribution in [-0.4, -0.2) is 42.3 Å². The topological polar surface area (TPSA) is 61.8 Å². The molecule has 24 heavy (non-hydrogen) atoms. The molecule has 1 aromatic carbocycles. The molecule has 1 aliphatic carbocycles. The van der Waals surface area contributed by atoms with Gasteiger partial charge in [0.15, 0.2) is 0 Å². The molecule has 134 valence electrons. The standard InChI is InChI=1S/C17H24F2N2O3/c1-21(11-13-6-2-3-8-15(13)22)17(23)20-10-12-5-4-7-14(9-12)24-16(18)19/h4-5,7,9,13,15-16,22H,2-3,6,8,10-11H2,1H3,(H,20,23). The fourth-order valence-electron chi connectivity index (χ4n) is 2.98. The van der Waals surface area contributed by atoms with Crippen LogP contribution in [0.25, 0.3) is 0 Å². The smallest absolute Gasteiger partial charge is 0.387 e. The molecule has 5 nitrogen and oxygen atoms in total. The number of nitrogens with zero attached hydrogens (tertiary/aromatic N) is 1. The molecule has 1 aromatic rings. The van der Waals surface area contributed by atoms with Gasteiger partial charge in [0.25, 0.3) is 0 Å². The van der Waals surface area contributed by atoms with Gasteiger partial charge in [-0.05, 0) is 30.5 Å². The number of nitrogens with one attached hydrogen (secondary N) is 1. The minimum Gasteiger partial charge on any atom is -0.435 e. The van der Waals surface area contributed by atoms with E-state index in [9.17, 15) is 18.7 Å². The van der Waals surface area contributed by atoms with E-state index in [1.54, 1.807) is 24.1 Å². The number of alkyl halides is 2. The molecule has 0 saturated heterocycles. The number of hydrogen-bond acceptors (Lipinski definition) is 3. The second kappa shape index (κ2) is 8.82. The van der Waals surface area contributed by atoms with Crippen LogP contribution >= 0.6 is 0 Å². The monoisotopic (exact) mass is 342 g/mol. The van der Waals surface area contributed by atoms with Crippen LogP contribution in [0.2, 0.25) is 0 Å². The van der Waals surface area contributed by atoms with Crippen molar-refractivity contribution >= 4 is 6.03 Å². The summed E-state index contributed by atoms with van der Waals surface area (Å²) in [6, 6.07) is 5.98. The molecule has 2 rings (SSSR count). The van der Waals surface area contributed by atoms with Crippen LogP contribution in [0, 0.1) is 5.92 Å². The molecule has 2 amide bonds. The Bertz CT molecular complexity index is 542. The zero-order chi connectivity index (χ0) is 17.5. The highest BCUT2D eigenvalue weighted by molar-refractivity contribution is 5.73. The third kappa shape index (κ3) is 5.63. The molecule has 1 saturated carbocycles. The van der Waals surface area contributed by atoms with Crippen molar-refractivity contribution in [2.75, 3.05) is 13.6 Å². The van der Waals surface area contributed by atoms with Gasteiger partial charge in [0.2, 0.25) is 0 Å². The van der Waals surface area contributed by atoms with Crippen molar-refractivity contribution in [2.45, 2.75) is 44.9 Å². The van der Waals surface area contributed by atoms with Gasteiger partial charge in [-0.2, -0.15) is 8.78 Å². The lowest BCUT2D eigenvalue weighted by Gasteiger charge is -2.31. The molecular weight excluding hydrogens is 318 g/mol. The van der Waals surface area contributed by atoms with Crippen LogP contribution in [0.5, 0.6) is 5.75 Å². The Hall–Kier alpha value is -1.89. The number of carbonyl (C=O) groups excluding carboxylic acids is 1. The molecule has 2 unspecified atom stereocenters. The molecule has 2 N–H and O–H groups in total. The zero-order valence-corrected chi connectivity index (χ0v) is 13.8. The van der Waals surface area contributed by atoms with Gasteiger partial charge in [-0.1, -0.05) is 25.0 Å². The lowest BCUT2D eigenvalue weighted by molar-refractivity contribution is -0.0498. The minimum absolute atomic E-state index is 0.0652. The van der Waals surface area contributed by atoms with Gasteiger partial charge in [-0.25, -0.2) is 4.79 Å². The van der Waals surface area contributed by atoms with E-state index in [0.717, 1.165) is 25.7 Å². The van der Waals surface area contributed by atoms with E-state index in [1.165, 1.54) is 12.1 Å². The highest BCUT2D eigenvalue weighted by Gasteiger charge is 2.25. The molecule has 0 heterocycles. The van der Waals surface area contributed by atoms with Crippen molar-refractivity contribution in [3.63, 3.8) is 0 Å². The number of urea groups is 1. The van der Waals surface area contributed by atoms with Crippen LogP contribution < -0.4 is 10.1 Å². The van der Waals surface area contributed by atoms with E-state index >= 15 is 0 Å². The number of benzene rings is 1. The fourth-order valence-corrected chi connectivity index (χ4v) is 2.98. The number of aliphatic hydroxyl groups is 1. The summed E-state index contributed by atoms with van der Waals surface area (Å²) < 4.78 is 28.8. The van der Waals surface area contributed by atoms with Crippen LogP contribution in [0.1, 0.15) is 31.2 Å². The molecule has 0 aromatic heterocycles. The van der Waals surface area contributed by atoms with Gasteiger partial charge in [-0.3, -0.25) is 0 Å². The Labute approximate surface area is 140 Å². The fraction of sp³-hybridized carbons (Fsp3) is 0.588. The van der Waals surface area contributed by atoms with Gasteiger partial charge in [0.1, 0.15) is 5.75 Å². The van der Waals surface area contributed by atoms with Gasteiger partial charge >= 0.3 is 12.6 Å². The number of hydrogen-bond donors (Lipinski definition) is 2. The summed E-state index contributed by atoms with van der Waals surface area (Å²) in [6.07, 6.45) is 3.47. The summed E-state index contributed by atoms with van der Waals surface area (Å²) in [5.74, 6) is 0.174. The summed E-state index contributed by atoms with van der Waals surface area (Å²) in [4.78, 5) is 13.7. The Balaban J connectivity index is 1.81.